The van der Waals surface area contributed by atoms with Crippen LogP contribution in [0.25, 0.3) is 0 Å². The van der Waals surface area contributed by atoms with E-state index in [1.807, 2.05) is 0 Å². The van der Waals surface area contributed by atoms with Crippen LogP contribution in [0.15, 0.2) is 24.3 Å². The molecule has 1 aromatic rings. The minimum absolute atomic E-state index is 0.00633. The smallest absolute Gasteiger partial charge is 0.327 e. The van der Waals surface area contributed by atoms with Gasteiger partial charge in [-0.3, -0.25) is 9.59 Å². The highest BCUT2D eigenvalue weighted by Gasteiger charge is 2.18. The highest BCUT2D eigenvalue weighted by Crippen LogP contribution is 2.11. The van der Waals surface area contributed by atoms with E-state index in [9.17, 15) is 14.4 Å². The first-order valence-corrected chi connectivity index (χ1v) is 6.87. The largest absolute Gasteiger partial charge is 0.480 e. The van der Waals surface area contributed by atoms with Gasteiger partial charge in [0.05, 0.1) is 0 Å². The standard InChI is InChI=1S/C13H14ClNO4S/c14-9-3-1-8(2-4-9)11(16)5-6-12(17)15-10(7-20)13(18)19/h1-4,10,20H,5-7H2,(H,15,17)(H,18,19). The predicted molar refractivity (Wildman–Crippen MR) is 78.4 cm³/mol. The number of carboxylic acid groups (broad SMARTS) is 1. The number of halogens is 1. The summed E-state index contributed by atoms with van der Waals surface area (Å²) in [6.07, 6.45) is -0.0641. The summed E-state index contributed by atoms with van der Waals surface area (Å²) < 4.78 is 0. The Kier molecular flexibility index (Phi) is 6.54. The number of Topliss-reactive ketones (excluding diaryl/α,β-unsaturated/α-hetero) is 1. The number of aliphatic carboxylic acids is 1. The van der Waals surface area contributed by atoms with E-state index < -0.39 is 17.9 Å². The van der Waals surface area contributed by atoms with E-state index in [0.717, 1.165) is 0 Å². The number of thiol groups is 1. The lowest BCUT2D eigenvalue weighted by Crippen LogP contribution is -2.42. The molecule has 5 nitrogen and oxygen atoms in total. The maximum Gasteiger partial charge on any atom is 0.327 e. The predicted octanol–water partition coefficient (Wildman–Crippen LogP) is 1.80. The van der Waals surface area contributed by atoms with Crippen molar-refractivity contribution >= 4 is 41.9 Å². The molecule has 108 valence electrons. The van der Waals surface area contributed by atoms with Crippen LogP contribution in [-0.2, 0) is 9.59 Å². The zero-order valence-electron chi connectivity index (χ0n) is 10.5. The number of ketones is 1. The number of hydrogen-bond donors (Lipinski definition) is 3. The highest BCUT2D eigenvalue weighted by atomic mass is 35.5. The summed E-state index contributed by atoms with van der Waals surface area (Å²) in [6, 6.07) is 5.30. The molecule has 0 saturated heterocycles. The Balaban J connectivity index is 2.46. The van der Waals surface area contributed by atoms with E-state index in [1.165, 1.54) is 0 Å². The summed E-state index contributed by atoms with van der Waals surface area (Å²) in [7, 11) is 0. The van der Waals surface area contributed by atoms with Gasteiger partial charge in [0.25, 0.3) is 0 Å². The molecule has 1 unspecified atom stereocenters. The molecule has 1 aromatic carbocycles. The third kappa shape index (κ3) is 5.22. The first kappa shape index (κ1) is 16.5. The number of hydrogen-bond acceptors (Lipinski definition) is 4. The summed E-state index contributed by atoms with van der Waals surface area (Å²) in [5.74, 6) is -1.85. The van der Waals surface area contributed by atoms with Gasteiger partial charge in [0.15, 0.2) is 5.78 Å². The van der Waals surface area contributed by atoms with Crippen molar-refractivity contribution in [3.8, 4) is 0 Å². The Hall–Kier alpha value is -1.53. The molecule has 20 heavy (non-hydrogen) atoms. The van der Waals surface area contributed by atoms with Crippen molar-refractivity contribution < 1.29 is 19.5 Å². The third-order valence-electron chi connectivity index (χ3n) is 2.56. The highest BCUT2D eigenvalue weighted by molar-refractivity contribution is 7.80. The molecule has 0 fully saturated rings. The molecule has 0 aliphatic rings. The number of rotatable bonds is 7. The second-order valence-electron chi connectivity index (χ2n) is 4.07. The van der Waals surface area contributed by atoms with E-state index in [0.29, 0.717) is 10.6 Å². The lowest BCUT2D eigenvalue weighted by atomic mass is 10.1. The van der Waals surface area contributed by atoms with E-state index in [-0.39, 0.29) is 24.4 Å². The molecule has 2 N–H and O–H groups in total. The van der Waals surface area contributed by atoms with Gasteiger partial charge in [-0.05, 0) is 24.3 Å². The number of nitrogens with one attached hydrogen (secondary N) is 1. The fourth-order valence-electron chi connectivity index (χ4n) is 1.46. The SMILES string of the molecule is O=C(CCC(=O)c1ccc(Cl)cc1)NC(CS)C(=O)O. The summed E-state index contributed by atoms with van der Waals surface area (Å²) in [6.45, 7) is 0. The van der Waals surface area contributed by atoms with Gasteiger partial charge < -0.3 is 10.4 Å². The average molecular weight is 316 g/mol. The van der Waals surface area contributed by atoms with Crippen LogP contribution in [0.2, 0.25) is 5.02 Å². The summed E-state index contributed by atoms with van der Waals surface area (Å²) >= 11 is 9.54. The number of carbonyl (C=O) groups is 3. The Morgan fingerprint density at radius 1 is 1.20 bits per heavy atom. The minimum Gasteiger partial charge on any atom is -0.480 e. The van der Waals surface area contributed by atoms with Crippen molar-refractivity contribution in [3.63, 3.8) is 0 Å². The van der Waals surface area contributed by atoms with Crippen LogP contribution < -0.4 is 5.32 Å². The molecule has 7 heteroatoms. The second kappa shape index (κ2) is 7.91. The summed E-state index contributed by atoms with van der Waals surface area (Å²) in [4.78, 5) is 34.0. The zero-order chi connectivity index (χ0) is 15.1. The monoisotopic (exact) mass is 315 g/mol. The molecular weight excluding hydrogens is 302 g/mol. The van der Waals surface area contributed by atoms with Gasteiger partial charge in [-0.25, -0.2) is 4.79 Å². The van der Waals surface area contributed by atoms with Gasteiger partial charge in [0, 0.05) is 29.2 Å². The Bertz CT molecular complexity index is 504. The van der Waals surface area contributed by atoms with Gasteiger partial charge >= 0.3 is 5.97 Å². The molecule has 0 aliphatic heterocycles. The maximum atomic E-state index is 11.8. The van der Waals surface area contributed by atoms with Crippen molar-refractivity contribution in [2.24, 2.45) is 0 Å². The third-order valence-corrected chi connectivity index (χ3v) is 3.18. The van der Waals surface area contributed by atoms with E-state index in [1.54, 1.807) is 24.3 Å². The first-order valence-electron chi connectivity index (χ1n) is 5.86. The summed E-state index contributed by atoms with van der Waals surface area (Å²) in [5, 5.41) is 11.6. The van der Waals surface area contributed by atoms with E-state index in [2.05, 4.69) is 17.9 Å². The molecule has 0 saturated carbocycles. The molecule has 1 atom stereocenters. The molecule has 0 radical (unpaired) electrons. The fraction of sp³-hybridized carbons (Fsp3) is 0.308. The van der Waals surface area contributed by atoms with Crippen molar-refractivity contribution in [2.75, 3.05) is 5.75 Å². The van der Waals surface area contributed by atoms with Crippen molar-refractivity contribution in [1.82, 2.24) is 5.32 Å². The van der Waals surface area contributed by atoms with Gasteiger partial charge in [0.1, 0.15) is 6.04 Å². The lowest BCUT2D eigenvalue weighted by Gasteiger charge is -2.11. The minimum atomic E-state index is -1.16. The van der Waals surface area contributed by atoms with Gasteiger partial charge in [-0.2, -0.15) is 12.6 Å². The quantitative estimate of drug-likeness (QED) is 0.529. The van der Waals surface area contributed by atoms with Crippen LogP contribution in [-0.4, -0.2) is 34.6 Å². The number of carboxylic acids is 1. The second-order valence-corrected chi connectivity index (χ2v) is 4.87. The molecule has 0 heterocycles. The molecule has 0 bridgehead atoms. The van der Waals surface area contributed by atoms with E-state index >= 15 is 0 Å². The molecule has 1 amide bonds. The zero-order valence-corrected chi connectivity index (χ0v) is 12.2. The lowest BCUT2D eigenvalue weighted by molar-refractivity contribution is -0.141. The van der Waals surface area contributed by atoms with Gasteiger partial charge in [-0.1, -0.05) is 11.6 Å². The van der Waals surface area contributed by atoms with Crippen molar-refractivity contribution in [3.05, 3.63) is 34.9 Å². The topological polar surface area (TPSA) is 83.5 Å². The van der Waals surface area contributed by atoms with Crippen LogP contribution in [0.4, 0.5) is 0 Å². The Morgan fingerprint density at radius 3 is 2.30 bits per heavy atom. The van der Waals surface area contributed by atoms with Crippen molar-refractivity contribution in [2.45, 2.75) is 18.9 Å². The fourth-order valence-corrected chi connectivity index (χ4v) is 1.83. The molecule has 0 aromatic heterocycles. The van der Waals surface area contributed by atoms with Gasteiger partial charge in [0.2, 0.25) is 5.91 Å². The number of carbonyl (C=O) groups excluding carboxylic acids is 2. The molecule has 0 spiro atoms. The number of amides is 1. The van der Waals surface area contributed by atoms with Crippen LogP contribution in [0.3, 0.4) is 0 Å². The Labute approximate surface area is 126 Å². The van der Waals surface area contributed by atoms with E-state index in [4.69, 9.17) is 16.7 Å². The number of benzene rings is 1. The molecular formula is C13H14ClNO4S. The van der Waals surface area contributed by atoms with Crippen LogP contribution in [0, 0.1) is 0 Å². The first-order chi connectivity index (χ1) is 9.43. The van der Waals surface area contributed by atoms with Crippen LogP contribution >= 0.6 is 24.2 Å². The average Bonchev–Trinajstić information content (AvgIpc) is 2.42. The normalized spacial score (nSPS) is 11.7. The molecule has 1 rings (SSSR count). The Morgan fingerprint density at radius 2 is 1.80 bits per heavy atom. The molecule has 0 aliphatic carbocycles. The van der Waals surface area contributed by atoms with Crippen LogP contribution in [0.5, 0.6) is 0 Å². The van der Waals surface area contributed by atoms with Crippen molar-refractivity contribution in [1.29, 1.82) is 0 Å². The van der Waals surface area contributed by atoms with Gasteiger partial charge in [-0.15, -0.1) is 0 Å². The summed E-state index contributed by atoms with van der Waals surface area (Å²) in [5.41, 5.74) is 0.464. The van der Waals surface area contributed by atoms with Crippen LogP contribution in [0.1, 0.15) is 23.2 Å². The maximum absolute atomic E-state index is 11.8.